The Kier molecular flexibility index (Phi) is 5.65. The van der Waals surface area contributed by atoms with Crippen LogP contribution in [0.5, 0.6) is 5.75 Å². The van der Waals surface area contributed by atoms with Gasteiger partial charge >= 0.3 is 0 Å². The minimum absolute atomic E-state index is 0.482. The Bertz CT molecular complexity index is 660. The highest BCUT2D eigenvalue weighted by molar-refractivity contribution is 6.34. The van der Waals surface area contributed by atoms with Crippen LogP contribution in [0.15, 0.2) is 18.5 Å². The third-order valence-electron chi connectivity index (χ3n) is 4.11. The van der Waals surface area contributed by atoms with Gasteiger partial charge in [0, 0.05) is 24.5 Å². The van der Waals surface area contributed by atoms with Crippen LogP contribution in [0.25, 0.3) is 10.9 Å². The van der Waals surface area contributed by atoms with Gasteiger partial charge in [0.05, 0.1) is 25.3 Å². The second-order valence-corrected chi connectivity index (χ2v) is 6.17. The molecule has 0 aliphatic carbocycles. The Balaban J connectivity index is 1.50. The molecule has 3 rings (SSSR count). The fourth-order valence-electron chi connectivity index (χ4n) is 2.76. The van der Waals surface area contributed by atoms with Gasteiger partial charge in [-0.15, -0.1) is 0 Å². The van der Waals surface area contributed by atoms with Gasteiger partial charge in [-0.1, -0.05) is 11.6 Å². The molecule has 2 heterocycles. The molecule has 1 fully saturated rings. The summed E-state index contributed by atoms with van der Waals surface area (Å²) in [7, 11) is 0. The van der Waals surface area contributed by atoms with E-state index in [9.17, 15) is 0 Å². The van der Waals surface area contributed by atoms with Crippen molar-refractivity contribution in [1.29, 1.82) is 0 Å². The van der Waals surface area contributed by atoms with Gasteiger partial charge in [0.15, 0.2) is 0 Å². The maximum Gasteiger partial charge on any atom is 0.140 e. The molecule has 124 valence electrons. The maximum absolute atomic E-state index is 6.10. The Morgan fingerprint density at radius 2 is 2.04 bits per heavy atom. The summed E-state index contributed by atoms with van der Waals surface area (Å²) >= 11 is 6.10. The molecule has 1 aromatic carbocycles. The molecule has 1 aliphatic rings. The number of ether oxygens (including phenoxy) is 2. The van der Waals surface area contributed by atoms with E-state index in [1.54, 1.807) is 0 Å². The van der Waals surface area contributed by atoms with Crippen molar-refractivity contribution in [1.82, 2.24) is 14.9 Å². The fraction of sp³-hybridized carbons (Fsp3) is 0.529. The van der Waals surface area contributed by atoms with Gasteiger partial charge < -0.3 is 9.47 Å². The van der Waals surface area contributed by atoms with Crippen molar-refractivity contribution in [3.8, 4) is 5.75 Å². The fourth-order valence-corrected chi connectivity index (χ4v) is 2.96. The summed E-state index contributed by atoms with van der Waals surface area (Å²) in [5, 5.41) is 1.35. The molecule has 6 heteroatoms. The Morgan fingerprint density at radius 3 is 2.87 bits per heavy atom. The molecule has 0 atom stereocenters. The molecule has 1 aromatic heterocycles. The standard InChI is InChI=1S/C17H22ClN3O2/c1-13-10-14-15(19-12-20-17(14)18)11-16(13)23-7-3-2-4-21-5-8-22-9-6-21/h10-12H,2-9H2,1H3. The van der Waals surface area contributed by atoms with Gasteiger partial charge in [0.2, 0.25) is 0 Å². The van der Waals surface area contributed by atoms with E-state index in [0.717, 1.165) is 74.5 Å². The lowest BCUT2D eigenvalue weighted by atomic mass is 10.1. The molecule has 0 radical (unpaired) electrons. The topological polar surface area (TPSA) is 47.5 Å². The lowest BCUT2D eigenvalue weighted by Gasteiger charge is -2.26. The molecular formula is C17H22ClN3O2. The first-order chi connectivity index (χ1) is 11.2. The van der Waals surface area contributed by atoms with Crippen molar-refractivity contribution < 1.29 is 9.47 Å². The van der Waals surface area contributed by atoms with Crippen molar-refractivity contribution >= 4 is 22.5 Å². The van der Waals surface area contributed by atoms with Crippen LogP contribution in [0, 0.1) is 6.92 Å². The smallest absolute Gasteiger partial charge is 0.140 e. The summed E-state index contributed by atoms with van der Waals surface area (Å²) in [6.45, 7) is 7.66. The van der Waals surface area contributed by atoms with E-state index >= 15 is 0 Å². The number of hydrogen-bond acceptors (Lipinski definition) is 5. The number of aromatic nitrogens is 2. The minimum Gasteiger partial charge on any atom is -0.493 e. The molecule has 2 aromatic rings. The number of nitrogens with zero attached hydrogens (tertiary/aromatic N) is 3. The van der Waals surface area contributed by atoms with Gasteiger partial charge in [-0.25, -0.2) is 9.97 Å². The number of benzene rings is 1. The molecule has 0 unspecified atom stereocenters. The summed E-state index contributed by atoms with van der Waals surface area (Å²) in [6, 6.07) is 3.93. The van der Waals surface area contributed by atoms with Crippen molar-refractivity contribution in [3.63, 3.8) is 0 Å². The molecular weight excluding hydrogens is 314 g/mol. The van der Waals surface area contributed by atoms with E-state index in [-0.39, 0.29) is 0 Å². The highest BCUT2D eigenvalue weighted by Gasteiger charge is 2.10. The van der Waals surface area contributed by atoms with E-state index in [0.29, 0.717) is 5.15 Å². The van der Waals surface area contributed by atoms with Crippen molar-refractivity contribution in [2.24, 2.45) is 0 Å². The molecule has 0 bridgehead atoms. The molecule has 0 saturated carbocycles. The van der Waals surface area contributed by atoms with E-state index in [2.05, 4.69) is 14.9 Å². The van der Waals surface area contributed by atoms with Gasteiger partial charge in [0.1, 0.15) is 17.2 Å². The summed E-state index contributed by atoms with van der Waals surface area (Å²) in [5.41, 5.74) is 1.88. The minimum atomic E-state index is 0.482. The average molecular weight is 336 g/mol. The first-order valence-corrected chi connectivity index (χ1v) is 8.45. The molecule has 23 heavy (non-hydrogen) atoms. The normalized spacial score (nSPS) is 15.9. The monoisotopic (exact) mass is 335 g/mol. The zero-order valence-electron chi connectivity index (χ0n) is 13.4. The van der Waals surface area contributed by atoms with Crippen LogP contribution in [0.4, 0.5) is 0 Å². The van der Waals surface area contributed by atoms with E-state index < -0.39 is 0 Å². The predicted octanol–water partition coefficient (Wildman–Crippen LogP) is 3.08. The number of unbranched alkanes of at least 4 members (excludes halogenated alkanes) is 1. The van der Waals surface area contributed by atoms with Crippen LogP contribution in [0.2, 0.25) is 5.15 Å². The summed E-state index contributed by atoms with van der Waals surface area (Å²) < 4.78 is 11.3. The van der Waals surface area contributed by atoms with Crippen LogP contribution >= 0.6 is 11.6 Å². The zero-order valence-corrected chi connectivity index (χ0v) is 14.2. The molecule has 1 aliphatic heterocycles. The number of fused-ring (bicyclic) bond motifs is 1. The third-order valence-corrected chi connectivity index (χ3v) is 4.41. The second-order valence-electron chi connectivity index (χ2n) is 5.81. The average Bonchev–Trinajstić information content (AvgIpc) is 2.57. The Hall–Kier alpha value is -1.43. The van der Waals surface area contributed by atoms with Gasteiger partial charge in [0.25, 0.3) is 0 Å². The molecule has 0 N–H and O–H groups in total. The Labute approximate surface area is 141 Å². The highest BCUT2D eigenvalue weighted by atomic mass is 35.5. The molecule has 1 saturated heterocycles. The van der Waals surface area contributed by atoms with E-state index in [1.165, 1.54) is 6.33 Å². The van der Waals surface area contributed by atoms with Crippen LogP contribution < -0.4 is 4.74 Å². The number of morpholine rings is 1. The summed E-state index contributed by atoms with van der Waals surface area (Å²) in [4.78, 5) is 10.7. The van der Waals surface area contributed by atoms with Crippen LogP contribution in [0.1, 0.15) is 18.4 Å². The number of aryl methyl sites for hydroxylation is 1. The quantitative estimate of drug-likeness (QED) is 0.599. The van der Waals surface area contributed by atoms with Crippen molar-refractivity contribution in [2.75, 3.05) is 39.5 Å². The first-order valence-electron chi connectivity index (χ1n) is 8.08. The predicted molar refractivity (Wildman–Crippen MR) is 91.3 cm³/mol. The summed E-state index contributed by atoms with van der Waals surface area (Å²) in [6.07, 6.45) is 3.66. The lowest BCUT2D eigenvalue weighted by Crippen LogP contribution is -2.36. The molecule has 0 amide bonds. The second kappa shape index (κ2) is 7.90. The van der Waals surface area contributed by atoms with Gasteiger partial charge in [-0.2, -0.15) is 0 Å². The zero-order chi connectivity index (χ0) is 16.1. The van der Waals surface area contributed by atoms with Crippen LogP contribution in [-0.2, 0) is 4.74 Å². The van der Waals surface area contributed by atoms with E-state index in [4.69, 9.17) is 21.1 Å². The number of halogens is 1. The lowest BCUT2D eigenvalue weighted by molar-refractivity contribution is 0.0368. The van der Waals surface area contributed by atoms with Crippen molar-refractivity contribution in [2.45, 2.75) is 19.8 Å². The highest BCUT2D eigenvalue weighted by Crippen LogP contribution is 2.27. The largest absolute Gasteiger partial charge is 0.493 e. The maximum atomic E-state index is 6.10. The third kappa shape index (κ3) is 4.31. The van der Waals surface area contributed by atoms with Gasteiger partial charge in [-0.3, -0.25) is 4.90 Å². The molecule has 5 nitrogen and oxygen atoms in total. The number of hydrogen-bond donors (Lipinski definition) is 0. The van der Waals surface area contributed by atoms with E-state index in [1.807, 2.05) is 19.1 Å². The SMILES string of the molecule is Cc1cc2c(Cl)ncnc2cc1OCCCCN1CCOCC1. The Morgan fingerprint density at radius 1 is 1.22 bits per heavy atom. The van der Waals surface area contributed by atoms with Crippen LogP contribution in [-0.4, -0.2) is 54.3 Å². The summed E-state index contributed by atoms with van der Waals surface area (Å²) in [5.74, 6) is 0.874. The molecule has 0 spiro atoms. The number of rotatable bonds is 6. The van der Waals surface area contributed by atoms with Crippen LogP contribution in [0.3, 0.4) is 0 Å². The first kappa shape index (κ1) is 16.4. The van der Waals surface area contributed by atoms with Gasteiger partial charge in [-0.05, 0) is 37.9 Å². The van der Waals surface area contributed by atoms with Crippen molar-refractivity contribution in [3.05, 3.63) is 29.2 Å².